The second kappa shape index (κ2) is 7.89. The Morgan fingerprint density at radius 3 is 2.58 bits per heavy atom. The molecule has 1 spiro atoms. The van der Waals surface area contributed by atoms with Gasteiger partial charge in [0, 0.05) is 43.7 Å². The smallest absolute Gasteiger partial charge is 0.237 e. The van der Waals surface area contributed by atoms with Gasteiger partial charge in [-0.05, 0) is 44.9 Å². The van der Waals surface area contributed by atoms with E-state index in [1.165, 1.54) is 0 Å². The Hall–Kier alpha value is -2.29. The van der Waals surface area contributed by atoms with Crippen molar-refractivity contribution in [1.29, 1.82) is 0 Å². The lowest BCUT2D eigenvalue weighted by atomic mass is 9.54. The molecular formula is C25H34N2O6. The first-order chi connectivity index (χ1) is 15.9. The summed E-state index contributed by atoms with van der Waals surface area (Å²) in [5.74, 6) is 1.45. The molecule has 5 atom stereocenters. The number of methoxy groups -OCH3 is 4. The van der Waals surface area contributed by atoms with E-state index in [0.717, 1.165) is 37.1 Å². The Kier molecular flexibility index (Phi) is 5.38. The average Bonchev–Trinajstić information content (AvgIpc) is 3.30. The van der Waals surface area contributed by atoms with E-state index in [9.17, 15) is 4.79 Å². The number of fused-ring (bicyclic) bond motifs is 6. The van der Waals surface area contributed by atoms with Gasteiger partial charge in [0.25, 0.3) is 0 Å². The van der Waals surface area contributed by atoms with Crippen molar-refractivity contribution in [2.45, 2.75) is 50.0 Å². The molecule has 0 aliphatic carbocycles. The minimum Gasteiger partial charge on any atom is -0.498 e. The van der Waals surface area contributed by atoms with Crippen LogP contribution in [-0.4, -0.2) is 70.3 Å². The summed E-state index contributed by atoms with van der Waals surface area (Å²) in [5, 5.41) is 3.18. The van der Waals surface area contributed by atoms with E-state index in [-0.39, 0.29) is 23.8 Å². The molecule has 0 aromatic heterocycles. The summed E-state index contributed by atoms with van der Waals surface area (Å²) in [5.41, 5.74) is 1.41. The standard InChI is InChI=1S/C25H34N2O6/c1-14-15-9-11-27-12-10-25(24(27,2)19(15)16(13-33-14)22(31-5)32-6)17-7-8-18(29-3)21(30-4)20(17)26-23(25)28/h7-8,13-15,19,22H,9-12H2,1-6H3,(H,26,28)/t14?,15-,19-,24-,25?/m0/s1. The Morgan fingerprint density at radius 1 is 1.15 bits per heavy atom. The number of anilines is 1. The van der Waals surface area contributed by atoms with Crippen LogP contribution >= 0.6 is 0 Å². The second-order valence-electron chi connectivity index (χ2n) is 9.66. The fraction of sp³-hybridized carbons (Fsp3) is 0.640. The Balaban J connectivity index is 1.73. The molecule has 4 aliphatic heterocycles. The molecule has 2 unspecified atom stereocenters. The summed E-state index contributed by atoms with van der Waals surface area (Å²) >= 11 is 0. The number of piperidine rings is 1. The number of benzene rings is 1. The molecule has 33 heavy (non-hydrogen) atoms. The van der Waals surface area contributed by atoms with Gasteiger partial charge in [0.15, 0.2) is 17.8 Å². The summed E-state index contributed by atoms with van der Waals surface area (Å²) < 4.78 is 28.7. The summed E-state index contributed by atoms with van der Waals surface area (Å²) in [6.45, 7) is 6.13. The second-order valence-corrected chi connectivity index (χ2v) is 9.66. The van der Waals surface area contributed by atoms with Crippen molar-refractivity contribution in [1.82, 2.24) is 4.90 Å². The third-order valence-corrected chi connectivity index (χ3v) is 8.76. The molecule has 0 radical (unpaired) electrons. The van der Waals surface area contributed by atoms with E-state index in [0.29, 0.717) is 17.2 Å². The minimum absolute atomic E-state index is 0.0135. The number of ether oxygens (including phenoxy) is 5. The highest BCUT2D eigenvalue weighted by Gasteiger charge is 2.71. The van der Waals surface area contributed by atoms with E-state index >= 15 is 0 Å². The third kappa shape index (κ3) is 2.71. The van der Waals surface area contributed by atoms with Gasteiger partial charge in [-0.3, -0.25) is 9.69 Å². The number of hydrogen-bond acceptors (Lipinski definition) is 7. The lowest BCUT2D eigenvalue weighted by Gasteiger charge is -2.58. The monoisotopic (exact) mass is 458 g/mol. The maximum absolute atomic E-state index is 14.0. The van der Waals surface area contributed by atoms with E-state index in [2.05, 4.69) is 24.1 Å². The zero-order chi connectivity index (χ0) is 23.5. The first-order valence-corrected chi connectivity index (χ1v) is 11.6. The summed E-state index contributed by atoms with van der Waals surface area (Å²) in [6, 6.07) is 3.94. The molecule has 4 heterocycles. The van der Waals surface area contributed by atoms with Crippen LogP contribution in [0.4, 0.5) is 5.69 Å². The normalized spacial score (nSPS) is 34.9. The molecule has 8 nitrogen and oxygen atoms in total. The zero-order valence-electron chi connectivity index (χ0n) is 20.3. The molecule has 8 heteroatoms. The molecule has 1 aromatic carbocycles. The lowest BCUT2D eigenvalue weighted by molar-refractivity contribution is -0.140. The van der Waals surface area contributed by atoms with Crippen LogP contribution in [0.25, 0.3) is 0 Å². The minimum atomic E-state index is -0.743. The summed E-state index contributed by atoms with van der Waals surface area (Å²) in [6.07, 6.45) is 3.05. The fourth-order valence-corrected chi connectivity index (χ4v) is 7.26. The Bertz CT molecular complexity index is 991. The number of carbonyl (C=O) groups is 1. The van der Waals surface area contributed by atoms with E-state index < -0.39 is 17.2 Å². The molecule has 2 fully saturated rings. The van der Waals surface area contributed by atoms with Gasteiger partial charge in [0.1, 0.15) is 0 Å². The maximum atomic E-state index is 14.0. The van der Waals surface area contributed by atoms with Crippen LogP contribution < -0.4 is 14.8 Å². The molecule has 1 N–H and O–H groups in total. The SMILES string of the molecule is COc1ccc2c(c1OC)NC(=O)C21CCN2CC[C@H]3C(C)OC=C(C(OC)OC)[C@H]3[C@]21C. The number of nitrogens with zero attached hydrogens (tertiary/aromatic N) is 1. The fourth-order valence-electron chi connectivity index (χ4n) is 7.26. The summed E-state index contributed by atoms with van der Waals surface area (Å²) in [7, 11) is 6.50. The maximum Gasteiger partial charge on any atom is 0.237 e. The van der Waals surface area contributed by atoms with Crippen LogP contribution in [0.3, 0.4) is 0 Å². The molecule has 180 valence electrons. The van der Waals surface area contributed by atoms with Crippen LogP contribution in [0.2, 0.25) is 0 Å². The van der Waals surface area contributed by atoms with Gasteiger partial charge in [0.05, 0.1) is 37.7 Å². The van der Waals surface area contributed by atoms with Crippen LogP contribution in [0, 0.1) is 11.8 Å². The van der Waals surface area contributed by atoms with Crippen LogP contribution in [0.5, 0.6) is 11.5 Å². The lowest BCUT2D eigenvalue weighted by Crippen LogP contribution is -2.68. The molecule has 1 aromatic rings. The molecule has 2 saturated heterocycles. The van der Waals surface area contributed by atoms with Gasteiger partial charge in [0.2, 0.25) is 5.91 Å². The van der Waals surface area contributed by atoms with Crippen molar-refractivity contribution >= 4 is 11.6 Å². The van der Waals surface area contributed by atoms with Crippen molar-refractivity contribution in [2.75, 3.05) is 46.8 Å². The van der Waals surface area contributed by atoms with Gasteiger partial charge in [-0.25, -0.2) is 0 Å². The molecule has 0 bridgehead atoms. The Morgan fingerprint density at radius 2 is 1.91 bits per heavy atom. The van der Waals surface area contributed by atoms with Gasteiger partial charge in [-0.2, -0.15) is 0 Å². The van der Waals surface area contributed by atoms with Crippen molar-refractivity contribution in [2.24, 2.45) is 11.8 Å². The number of carbonyl (C=O) groups excluding carboxylic acids is 1. The van der Waals surface area contributed by atoms with Crippen LogP contribution in [0.1, 0.15) is 32.3 Å². The summed E-state index contributed by atoms with van der Waals surface area (Å²) in [4.78, 5) is 16.5. The number of hydrogen-bond donors (Lipinski definition) is 1. The highest BCUT2D eigenvalue weighted by molar-refractivity contribution is 6.09. The average molecular weight is 459 g/mol. The van der Waals surface area contributed by atoms with Crippen molar-refractivity contribution < 1.29 is 28.5 Å². The van der Waals surface area contributed by atoms with E-state index in [1.54, 1.807) is 28.4 Å². The molecule has 1 amide bonds. The van der Waals surface area contributed by atoms with Crippen molar-refractivity contribution in [3.63, 3.8) is 0 Å². The zero-order valence-corrected chi connectivity index (χ0v) is 20.3. The third-order valence-electron chi connectivity index (χ3n) is 8.76. The molecule has 5 rings (SSSR count). The largest absolute Gasteiger partial charge is 0.498 e. The highest BCUT2D eigenvalue weighted by Crippen LogP contribution is 2.64. The molecule has 4 aliphatic rings. The van der Waals surface area contributed by atoms with Crippen LogP contribution in [-0.2, 0) is 24.4 Å². The Labute approximate surface area is 195 Å². The number of nitrogens with one attached hydrogen (secondary N) is 1. The quantitative estimate of drug-likeness (QED) is 0.680. The highest BCUT2D eigenvalue weighted by atomic mass is 16.7. The predicted molar refractivity (Wildman–Crippen MR) is 122 cm³/mol. The van der Waals surface area contributed by atoms with E-state index in [4.69, 9.17) is 23.7 Å². The van der Waals surface area contributed by atoms with Gasteiger partial charge >= 0.3 is 0 Å². The van der Waals surface area contributed by atoms with Gasteiger partial charge in [-0.1, -0.05) is 6.07 Å². The van der Waals surface area contributed by atoms with Gasteiger partial charge in [-0.15, -0.1) is 0 Å². The molecule has 0 saturated carbocycles. The first-order valence-electron chi connectivity index (χ1n) is 11.6. The number of rotatable bonds is 5. The van der Waals surface area contributed by atoms with Crippen molar-refractivity contribution in [3.8, 4) is 11.5 Å². The number of amides is 1. The van der Waals surface area contributed by atoms with Crippen molar-refractivity contribution in [3.05, 3.63) is 29.5 Å². The van der Waals surface area contributed by atoms with Crippen LogP contribution in [0.15, 0.2) is 24.0 Å². The predicted octanol–water partition coefficient (Wildman–Crippen LogP) is 2.92. The van der Waals surface area contributed by atoms with E-state index in [1.807, 2.05) is 18.4 Å². The first kappa shape index (κ1) is 22.5. The van der Waals surface area contributed by atoms with Gasteiger partial charge < -0.3 is 29.0 Å². The topological polar surface area (TPSA) is 78.5 Å². The molecular weight excluding hydrogens is 424 g/mol.